The van der Waals surface area contributed by atoms with E-state index in [0.29, 0.717) is 12.6 Å². The van der Waals surface area contributed by atoms with Crippen molar-refractivity contribution in [2.75, 3.05) is 37.7 Å². The number of sulfone groups is 1. The summed E-state index contributed by atoms with van der Waals surface area (Å²) in [5.74, 6) is 0.511. The zero-order valence-corrected chi connectivity index (χ0v) is 13.3. The second kappa shape index (κ2) is 8.02. The second-order valence-electron chi connectivity index (χ2n) is 5.55. The summed E-state index contributed by atoms with van der Waals surface area (Å²) < 4.78 is 22.8. The fourth-order valence-electron chi connectivity index (χ4n) is 2.19. The summed E-state index contributed by atoms with van der Waals surface area (Å²) in [7, 11) is -2.83. The van der Waals surface area contributed by atoms with E-state index in [9.17, 15) is 8.42 Å². The molecule has 1 aliphatic rings. The monoisotopic (exact) mass is 288 g/mol. The Morgan fingerprint density at radius 2 is 1.95 bits per heavy atom. The van der Waals surface area contributed by atoms with Gasteiger partial charge in [-0.25, -0.2) is 8.42 Å². The van der Waals surface area contributed by atoms with Gasteiger partial charge in [0.2, 0.25) is 0 Å². The molecule has 1 aliphatic heterocycles. The minimum Gasteiger partial charge on any atom is -0.313 e. The number of rotatable bonds is 7. The Morgan fingerprint density at radius 1 is 1.32 bits per heavy atom. The Labute approximate surface area is 118 Å². The van der Waals surface area contributed by atoms with E-state index in [1.165, 1.54) is 5.57 Å². The van der Waals surface area contributed by atoms with Crippen LogP contribution in [0.1, 0.15) is 33.6 Å². The highest BCUT2D eigenvalue weighted by Crippen LogP contribution is 2.10. The molecule has 1 saturated heterocycles. The Balaban J connectivity index is 2.18. The van der Waals surface area contributed by atoms with E-state index < -0.39 is 9.84 Å². The van der Waals surface area contributed by atoms with Crippen LogP contribution in [0.4, 0.5) is 0 Å². The van der Waals surface area contributed by atoms with Crippen LogP contribution in [0.25, 0.3) is 0 Å². The first-order chi connectivity index (χ1) is 8.93. The van der Waals surface area contributed by atoms with Gasteiger partial charge in [0.05, 0.1) is 5.75 Å². The van der Waals surface area contributed by atoms with E-state index in [2.05, 4.69) is 30.1 Å². The Kier molecular flexibility index (Phi) is 7.04. The van der Waals surface area contributed by atoms with Gasteiger partial charge in [-0.15, -0.1) is 0 Å². The molecule has 0 saturated carbocycles. The average Bonchev–Trinajstić information content (AvgIpc) is 2.37. The standard InChI is InChI=1S/C14H28N2O2S/c1-4-19(17,18)12-8-15-14-6-10-16(11-7-14)9-5-13(2)3/h5,14-15H,4,6-12H2,1-3H3. The van der Waals surface area contributed by atoms with Crippen LogP contribution in [0.5, 0.6) is 0 Å². The highest BCUT2D eigenvalue weighted by molar-refractivity contribution is 7.91. The van der Waals surface area contributed by atoms with Crippen LogP contribution < -0.4 is 5.32 Å². The zero-order chi connectivity index (χ0) is 14.3. The first kappa shape index (κ1) is 16.7. The van der Waals surface area contributed by atoms with Crippen LogP contribution >= 0.6 is 0 Å². The molecule has 0 atom stereocenters. The molecule has 112 valence electrons. The van der Waals surface area contributed by atoms with Gasteiger partial charge < -0.3 is 5.32 Å². The average molecular weight is 288 g/mol. The van der Waals surface area contributed by atoms with E-state index in [4.69, 9.17) is 0 Å². The largest absolute Gasteiger partial charge is 0.313 e. The number of hydrogen-bond acceptors (Lipinski definition) is 4. The summed E-state index contributed by atoms with van der Waals surface area (Å²) in [6, 6.07) is 0.481. The van der Waals surface area contributed by atoms with Crippen LogP contribution in [0, 0.1) is 0 Å². The van der Waals surface area contributed by atoms with Crippen molar-refractivity contribution in [3.05, 3.63) is 11.6 Å². The molecule has 0 spiro atoms. The minimum atomic E-state index is -2.83. The van der Waals surface area contributed by atoms with Crippen LogP contribution in [0.15, 0.2) is 11.6 Å². The lowest BCUT2D eigenvalue weighted by Crippen LogP contribution is -2.43. The molecule has 1 rings (SSSR count). The molecule has 0 unspecified atom stereocenters. The summed E-state index contributed by atoms with van der Waals surface area (Å²) >= 11 is 0. The maximum atomic E-state index is 11.4. The highest BCUT2D eigenvalue weighted by Gasteiger charge is 2.18. The van der Waals surface area contributed by atoms with Gasteiger partial charge in [-0.1, -0.05) is 18.6 Å². The molecule has 0 aliphatic carbocycles. The quantitative estimate of drug-likeness (QED) is 0.720. The molecule has 0 aromatic rings. The SMILES string of the molecule is CCS(=O)(=O)CCNC1CCN(CC=C(C)C)CC1. The van der Waals surface area contributed by atoms with Gasteiger partial charge in [0.1, 0.15) is 0 Å². The maximum absolute atomic E-state index is 11.4. The smallest absolute Gasteiger partial charge is 0.151 e. The third-order valence-electron chi connectivity index (χ3n) is 3.63. The van der Waals surface area contributed by atoms with Gasteiger partial charge >= 0.3 is 0 Å². The van der Waals surface area contributed by atoms with E-state index >= 15 is 0 Å². The van der Waals surface area contributed by atoms with Crippen molar-refractivity contribution >= 4 is 9.84 Å². The van der Waals surface area contributed by atoms with Crippen molar-refractivity contribution in [1.82, 2.24) is 10.2 Å². The van der Waals surface area contributed by atoms with E-state index in [-0.39, 0.29) is 11.5 Å². The lowest BCUT2D eigenvalue weighted by molar-refractivity contribution is 0.216. The van der Waals surface area contributed by atoms with Crippen molar-refractivity contribution in [3.8, 4) is 0 Å². The van der Waals surface area contributed by atoms with Gasteiger partial charge in [-0.3, -0.25) is 4.90 Å². The number of nitrogens with one attached hydrogen (secondary N) is 1. The van der Waals surface area contributed by atoms with E-state index in [1.54, 1.807) is 6.92 Å². The first-order valence-electron chi connectivity index (χ1n) is 7.22. The molecule has 0 aromatic carbocycles. The third kappa shape index (κ3) is 7.09. The molecular formula is C14H28N2O2S. The Hall–Kier alpha value is -0.390. The number of piperidine rings is 1. The lowest BCUT2D eigenvalue weighted by atomic mass is 10.1. The van der Waals surface area contributed by atoms with Crippen molar-refractivity contribution in [1.29, 1.82) is 0 Å². The fourth-order valence-corrected chi connectivity index (χ4v) is 2.91. The number of likely N-dealkylation sites (tertiary alicyclic amines) is 1. The maximum Gasteiger partial charge on any atom is 0.151 e. The lowest BCUT2D eigenvalue weighted by Gasteiger charge is -2.31. The van der Waals surface area contributed by atoms with Crippen LogP contribution in [-0.4, -0.2) is 57.0 Å². The first-order valence-corrected chi connectivity index (χ1v) is 9.04. The van der Waals surface area contributed by atoms with Crippen molar-refractivity contribution in [3.63, 3.8) is 0 Å². The molecule has 0 bridgehead atoms. The van der Waals surface area contributed by atoms with Crippen LogP contribution in [-0.2, 0) is 9.84 Å². The van der Waals surface area contributed by atoms with Crippen molar-refractivity contribution in [2.45, 2.75) is 39.7 Å². The van der Waals surface area contributed by atoms with Crippen molar-refractivity contribution < 1.29 is 8.42 Å². The summed E-state index contributed by atoms with van der Waals surface area (Å²) in [4.78, 5) is 2.45. The summed E-state index contributed by atoms with van der Waals surface area (Å²) in [5.41, 5.74) is 1.37. The molecule has 5 heteroatoms. The molecule has 0 amide bonds. The number of hydrogen-bond donors (Lipinski definition) is 1. The molecule has 1 N–H and O–H groups in total. The molecule has 1 fully saturated rings. The summed E-state index contributed by atoms with van der Waals surface area (Å²) in [5, 5.41) is 3.38. The zero-order valence-electron chi connectivity index (χ0n) is 12.5. The fraction of sp³-hybridized carbons (Fsp3) is 0.857. The van der Waals surface area contributed by atoms with Gasteiger partial charge in [0, 0.05) is 24.9 Å². The van der Waals surface area contributed by atoms with Gasteiger partial charge in [0.15, 0.2) is 9.84 Å². The van der Waals surface area contributed by atoms with E-state index in [1.807, 2.05) is 0 Å². The summed E-state index contributed by atoms with van der Waals surface area (Å²) in [6.45, 7) is 9.79. The third-order valence-corrected chi connectivity index (χ3v) is 5.34. The molecule has 1 heterocycles. The van der Waals surface area contributed by atoms with Crippen LogP contribution in [0.3, 0.4) is 0 Å². The predicted octanol–water partition coefficient (Wildman–Crippen LogP) is 1.44. The Morgan fingerprint density at radius 3 is 2.47 bits per heavy atom. The van der Waals surface area contributed by atoms with Gasteiger partial charge in [0.25, 0.3) is 0 Å². The minimum absolute atomic E-state index is 0.246. The number of allylic oxidation sites excluding steroid dienone is 1. The summed E-state index contributed by atoms with van der Waals surface area (Å²) in [6.07, 6.45) is 4.49. The number of nitrogens with zero attached hydrogens (tertiary/aromatic N) is 1. The molecule has 0 aromatic heterocycles. The normalized spacial score (nSPS) is 18.5. The Bertz CT molecular complexity index is 378. The van der Waals surface area contributed by atoms with Crippen molar-refractivity contribution in [2.24, 2.45) is 0 Å². The highest BCUT2D eigenvalue weighted by atomic mass is 32.2. The van der Waals surface area contributed by atoms with Gasteiger partial charge in [-0.05, 0) is 39.8 Å². The second-order valence-corrected chi connectivity index (χ2v) is 8.02. The topological polar surface area (TPSA) is 49.4 Å². The van der Waals surface area contributed by atoms with Crippen LogP contribution in [0.2, 0.25) is 0 Å². The molecule has 0 radical (unpaired) electrons. The predicted molar refractivity (Wildman–Crippen MR) is 81.2 cm³/mol. The molecule has 4 nitrogen and oxygen atoms in total. The molecular weight excluding hydrogens is 260 g/mol. The van der Waals surface area contributed by atoms with E-state index in [0.717, 1.165) is 32.5 Å². The van der Waals surface area contributed by atoms with Gasteiger partial charge in [-0.2, -0.15) is 0 Å². The molecule has 19 heavy (non-hydrogen) atoms.